The van der Waals surface area contributed by atoms with Gasteiger partial charge in [-0.25, -0.2) is 4.90 Å². The van der Waals surface area contributed by atoms with E-state index in [0.717, 1.165) is 0 Å². The van der Waals surface area contributed by atoms with Gasteiger partial charge < -0.3 is 0 Å². The summed E-state index contributed by atoms with van der Waals surface area (Å²) in [6.45, 7) is 5.60. The van der Waals surface area contributed by atoms with Gasteiger partial charge in [0, 0.05) is 25.2 Å². The Morgan fingerprint density at radius 3 is 2.36 bits per heavy atom. The Labute approximate surface area is 82.0 Å². The van der Waals surface area contributed by atoms with Crippen LogP contribution in [0.5, 0.6) is 0 Å². The number of hydrogen-bond donors (Lipinski definition) is 0. The van der Waals surface area contributed by atoms with Crippen LogP contribution in [0.4, 0.5) is 13.2 Å². The Bertz CT molecular complexity index is 215. The lowest BCUT2D eigenvalue weighted by Crippen LogP contribution is -2.60. The first-order valence-corrected chi connectivity index (χ1v) is 4.54. The zero-order valence-corrected chi connectivity index (χ0v) is 8.38. The fourth-order valence-electron chi connectivity index (χ4n) is 1.91. The molecule has 0 unspecified atom stereocenters. The molecule has 1 heterocycles. The average molecular weight is 208 g/mol. The fourth-order valence-corrected chi connectivity index (χ4v) is 1.91. The molecule has 82 valence electrons. The third-order valence-electron chi connectivity index (χ3n) is 2.76. The summed E-state index contributed by atoms with van der Waals surface area (Å²) in [4.78, 5) is 2.46. The number of piperazine rings is 1. The topological polar surface area (TPSA) is 6.48 Å². The lowest BCUT2D eigenvalue weighted by atomic mass is 10.0. The van der Waals surface area contributed by atoms with Crippen molar-refractivity contribution in [1.82, 2.24) is 9.80 Å². The minimum atomic E-state index is -4.23. The molecule has 0 radical (unpaired) electrons. The first-order valence-electron chi connectivity index (χ1n) is 4.54. The van der Waals surface area contributed by atoms with Crippen molar-refractivity contribution in [2.24, 2.45) is 0 Å². The normalized spacial score (nSPS) is 31.8. The molecule has 0 N–H and O–H groups in total. The molecule has 0 spiro atoms. The van der Waals surface area contributed by atoms with Crippen molar-refractivity contribution in [3.05, 3.63) is 12.7 Å². The summed E-state index contributed by atoms with van der Waals surface area (Å²) in [7, 11) is 1.82. The zero-order chi connectivity index (χ0) is 10.9. The Kier molecular flexibility index (Phi) is 3.21. The molecule has 0 bridgehead atoms. The van der Waals surface area contributed by atoms with Gasteiger partial charge in [0.15, 0.2) is 0 Å². The zero-order valence-electron chi connectivity index (χ0n) is 8.38. The summed E-state index contributed by atoms with van der Waals surface area (Å²) in [5.41, 5.74) is 0. The molecule has 0 saturated carbocycles. The quantitative estimate of drug-likeness (QED) is 0.478. The van der Waals surface area contributed by atoms with Crippen LogP contribution >= 0.6 is 0 Å². The number of likely N-dealkylation sites (N-methyl/N-ethyl adjacent to an activating group) is 1. The van der Waals surface area contributed by atoms with Crippen molar-refractivity contribution >= 4 is 0 Å². The van der Waals surface area contributed by atoms with Gasteiger partial charge in [-0.15, -0.1) is 6.58 Å². The van der Waals surface area contributed by atoms with Gasteiger partial charge in [0.1, 0.15) is 0 Å². The molecule has 1 fully saturated rings. The van der Waals surface area contributed by atoms with Crippen LogP contribution in [0.25, 0.3) is 0 Å². The molecule has 0 aliphatic carbocycles. The van der Waals surface area contributed by atoms with Crippen LogP contribution in [-0.2, 0) is 0 Å². The van der Waals surface area contributed by atoms with Crippen molar-refractivity contribution in [2.45, 2.75) is 25.3 Å². The smallest absolute Gasteiger partial charge is 0.297 e. The van der Waals surface area contributed by atoms with Crippen LogP contribution in [0.1, 0.15) is 6.92 Å². The predicted octanol–water partition coefficient (Wildman–Crippen LogP) is 1.70. The molecule has 1 saturated heterocycles. The molecular weight excluding hydrogens is 193 g/mol. The van der Waals surface area contributed by atoms with Crippen LogP contribution in [-0.4, -0.2) is 48.3 Å². The molecule has 5 heteroatoms. The highest BCUT2D eigenvalue weighted by molar-refractivity contribution is 4.98. The van der Waals surface area contributed by atoms with Crippen LogP contribution in [0.15, 0.2) is 12.7 Å². The van der Waals surface area contributed by atoms with Gasteiger partial charge in [0.2, 0.25) is 0 Å². The van der Waals surface area contributed by atoms with Crippen molar-refractivity contribution < 1.29 is 13.2 Å². The third-order valence-corrected chi connectivity index (χ3v) is 2.76. The number of hydrogen-bond acceptors (Lipinski definition) is 2. The molecule has 1 aliphatic heterocycles. The minimum absolute atomic E-state index is 0.0332. The number of nitrogens with zero attached hydrogens (tertiary/aromatic N) is 2. The lowest BCUT2D eigenvalue weighted by molar-refractivity contribution is -0.268. The first-order chi connectivity index (χ1) is 6.38. The van der Waals surface area contributed by atoms with Gasteiger partial charge in [-0.2, -0.15) is 13.2 Å². The molecule has 1 rings (SSSR count). The first kappa shape index (κ1) is 11.5. The van der Waals surface area contributed by atoms with Gasteiger partial charge >= 0.3 is 6.30 Å². The van der Waals surface area contributed by atoms with Gasteiger partial charge in [0.25, 0.3) is 0 Å². The van der Waals surface area contributed by atoms with Crippen molar-refractivity contribution in [3.63, 3.8) is 0 Å². The number of alkyl halides is 3. The van der Waals surface area contributed by atoms with E-state index in [9.17, 15) is 13.2 Å². The Morgan fingerprint density at radius 2 is 1.93 bits per heavy atom. The Balaban J connectivity index is 2.79. The predicted molar refractivity (Wildman–Crippen MR) is 48.8 cm³/mol. The van der Waals surface area contributed by atoms with E-state index in [-0.39, 0.29) is 12.6 Å². The second-order valence-electron chi connectivity index (χ2n) is 3.61. The Morgan fingerprint density at radius 1 is 1.36 bits per heavy atom. The summed E-state index contributed by atoms with van der Waals surface area (Å²) < 4.78 is 37.5. The van der Waals surface area contributed by atoms with Gasteiger partial charge in [-0.1, -0.05) is 6.08 Å². The van der Waals surface area contributed by atoms with Gasteiger partial charge in [-0.05, 0) is 14.0 Å². The highest BCUT2D eigenvalue weighted by Gasteiger charge is 2.45. The molecule has 0 amide bonds. The van der Waals surface area contributed by atoms with Crippen molar-refractivity contribution in [1.29, 1.82) is 0 Å². The molecule has 0 aromatic heterocycles. The second kappa shape index (κ2) is 3.90. The molecule has 2 atom stereocenters. The summed E-state index contributed by atoms with van der Waals surface area (Å²) in [5, 5.41) is 0. The van der Waals surface area contributed by atoms with E-state index in [1.807, 2.05) is 11.9 Å². The van der Waals surface area contributed by atoms with Crippen LogP contribution in [0, 0.1) is 0 Å². The highest BCUT2D eigenvalue weighted by atomic mass is 19.4. The van der Waals surface area contributed by atoms with E-state index in [1.165, 1.54) is 0 Å². The number of rotatable bonds is 1. The van der Waals surface area contributed by atoms with E-state index in [4.69, 9.17) is 0 Å². The van der Waals surface area contributed by atoms with Crippen molar-refractivity contribution in [3.8, 4) is 0 Å². The van der Waals surface area contributed by atoms with Crippen LogP contribution in [0.3, 0.4) is 0 Å². The van der Waals surface area contributed by atoms with Crippen LogP contribution in [0.2, 0.25) is 0 Å². The molecular formula is C9H15F3N2. The highest BCUT2D eigenvalue weighted by Crippen LogP contribution is 2.28. The van der Waals surface area contributed by atoms with Crippen LogP contribution < -0.4 is 0 Å². The van der Waals surface area contributed by atoms with E-state index < -0.39 is 12.3 Å². The maximum absolute atomic E-state index is 12.5. The molecule has 0 aromatic rings. The van der Waals surface area contributed by atoms with E-state index in [0.29, 0.717) is 11.4 Å². The SMILES string of the molecule is C=C[C@H]1[C@@H](C)N(C(F)(F)F)CCN1C. The average Bonchev–Trinajstić information content (AvgIpc) is 2.02. The maximum Gasteiger partial charge on any atom is 0.460 e. The standard InChI is InChI=1S/C9H15F3N2/c1-4-8-7(2)14(9(10,11)12)6-5-13(8)3/h4,7-8H,1,5-6H2,2-3H3/t7-,8+/m1/s1. The number of halogens is 3. The van der Waals surface area contributed by atoms with E-state index >= 15 is 0 Å². The molecule has 14 heavy (non-hydrogen) atoms. The summed E-state index contributed by atoms with van der Waals surface area (Å²) in [5.74, 6) is 0. The molecule has 1 aliphatic rings. The fraction of sp³-hybridized carbons (Fsp3) is 0.778. The third kappa shape index (κ3) is 2.09. The summed E-state index contributed by atoms with van der Waals surface area (Å²) in [6.07, 6.45) is -2.66. The van der Waals surface area contributed by atoms with E-state index in [1.54, 1.807) is 13.0 Å². The van der Waals surface area contributed by atoms with Gasteiger partial charge in [0.05, 0.1) is 0 Å². The molecule has 0 aromatic carbocycles. The van der Waals surface area contributed by atoms with Crippen molar-refractivity contribution in [2.75, 3.05) is 20.1 Å². The maximum atomic E-state index is 12.5. The molecule has 2 nitrogen and oxygen atoms in total. The monoisotopic (exact) mass is 208 g/mol. The summed E-state index contributed by atoms with van der Waals surface area (Å²) in [6, 6.07) is -0.795. The Hall–Kier alpha value is -0.550. The minimum Gasteiger partial charge on any atom is -0.297 e. The largest absolute Gasteiger partial charge is 0.460 e. The lowest BCUT2D eigenvalue weighted by Gasteiger charge is -2.43. The summed E-state index contributed by atoms with van der Waals surface area (Å²) >= 11 is 0. The van der Waals surface area contributed by atoms with Gasteiger partial charge in [-0.3, -0.25) is 4.90 Å². The second-order valence-corrected chi connectivity index (χ2v) is 3.61. The van der Waals surface area contributed by atoms with E-state index in [2.05, 4.69) is 6.58 Å².